The summed E-state index contributed by atoms with van der Waals surface area (Å²) in [5.74, 6) is -1.03. The molecular weight excluding hydrogens is 526 g/mol. The molecule has 2 aromatic carbocycles. The third-order valence-electron chi connectivity index (χ3n) is 6.09. The molecule has 4 aromatic rings. The van der Waals surface area contributed by atoms with E-state index in [2.05, 4.69) is 10.3 Å². The van der Waals surface area contributed by atoms with Crippen LogP contribution >= 0.6 is 11.3 Å². The molecule has 9 nitrogen and oxygen atoms in total. The van der Waals surface area contributed by atoms with Crippen LogP contribution in [0.4, 0.5) is 4.79 Å². The van der Waals surface area contributed by atoms with E-state index in [1.807, 2.05) is 6.92 Å². The van der Waals surface area contributed by atoms with Crippen LogP contribution in [0.1, 0.15) is 63.9 Å². The molecule has 196 valence electrons. The molecule has 0 unspecified atom stereocenters. The van der Waals surface area contributed by atoms with E-state index in [1.165, 1.54) is 29.7 Å². The number of nitrogens with one attached hydrogen (secondary N) is 1. The molecule has 11 heteroatoms. The molecule has 1 amide bonds. The highest BCUT2D eigenvalue weighted by Gasteiger charge is 2.39. The first-order chi connectivity index (χ1) is 17.9. The van der Waals surface area contributed by atoms with Crippen molar-refractivity contribution in [1.82, 2.24) is 14.3 Å². The molecule has 0 fully saturated rings. The van der Waals surface area contributed by atoms with E-state index < -0.39 is 33.3 Å². The average Bonchev–Trinajstić information content (AvgIpc) is 3.46. The minimum Gasteiger partial charge on any atom is -0.444 e. The van der Waals surface area contributed by atoms with Gasteiger partial charge in [-0.2, -0.15) is 0 Å². The van der Waals surface area contributed by atoms with Gasteiger partial charge in [0.05, 0.1) is 26.2 Å². The van der Waals surface area contributed by atoms with Gasteiger partial charge in [0.25, 0.3) is 10.0 Å². The summed E-state index contributed by atoms with van der Waals surface area (Å²) >= 11 is 1.32. The number of hydrogen-bond acceptors (Lipinski definition) is 8. The lowest BCUT2D eigenvalue weighted by Crippen LogP contribution is -2.33. The normalized spacial score (nSPS) is 13.4. The summed E-state index contributed by atoms with van der Waals surface area (Å²) in [6.07, 6.45) is 0.765. The van der Waals surface area contributed by atoms with Gasteiger partial charge in [-0.1, -0.05) is 17.7 Å². The molecule has 0 saturated carbocycles. The average molecular weight is 552 g/mol. The summed E-state index contributed by atoms with van der Waals surface area (Å²) in [6, 6.07) is 9.41. The van der Waals surface area contributed by atoms with E-state index in [1.54, 1.807) is 50.5 Å². The first-order valence-corrected chi connectivity index (χ1v) is 14.2. The molecule has 0 spiro atoms. The number of carbonyl (C=O) groups is 3. The van der Waals surface area contributed by atoms with E-state index in [4.69, 9.17) is 4.74 Å². The lowest BCUT2D eigenvalue weighted by atomic mass is 9.86. The zero-order valence-electron chi connectivity index (χ0n) is 21.2. The fourth-order valence-electron chi connectivity index (χ4n) is 4.36. The van der Waals surface area contributed by atoms with Gasteiger partial charge in [0, 0.05) is 23.9 Å². The first-order valence-electron chi connectivity index (χ1n) is 11.9. The topological polar surface area (TPSA) is 124 Å². The van der Waals surface area contributed by atoms with Crippen molar-refractivity contribution in [1.29, 1.82) is 0 Å². The van der Waals surface area contributed by atoms with Crippen LogP contribution in [-0.2, 0) is 21.2 Å². The molecule has 0 bridgehead atoms. The fraction of sp³-hybridized carbons (Fsp3) is 0.259. The van der Waals surface area contributed by atoms with Crippen molar-refractivity contribution in [3.63, 3.8) is 0 Å². The second-order valence-corrected chi connectivity index (χ2v) is 12.7. The highest BCUT2D eigenvalue weighted by Crippen LogP contribution is 2.36. The number of hydrogen-bond donors (Lipinski definition) is 1. The molecule has 1 aliphatic carbocycles. The van der Waals surface area contributed by atoms with Crippen LogP contribution in [0.2, 0.25) is 0 Å². The van der Waals surface area contributed by atoms with Crippen LogP contribution < -0.4 is 5.32 Å². The van der Waals surface area contributed by atoms with Gasteiger partial charge in [-0.05, 0) is 63.9 Å². The van der Waals surface area contributed by atoms with E-state index in [9.17, 15) is 22.8 Å². The Bertz CT molecular complexity index is 1720. The fourth-order valence-corrected chi connectivity index (χ4v) is 6.44. The zero-order chi connectivity index (χ0) is 27.4. The summed E-state index contributed by atoms with van der Waals surface area (Å²) in [7, 11) is -4.21. The van der Waals surface area contributed by atoms with E-state index in [0.717, 1.165) is 14.2 Å². The molecule has 0 aliphatic heterocycles. The van der Waals surface area contributed by atoms with Gasteiger partial charge >= 0.3 is 6.09 Å². The van der Waals surface area contributed by atoms with E-state index >= 15 is 0 Å². The van der Waals surface area contributed by atoms with Crippen molar-refractivity contribution >= 4 is 49.2 Å². The molecule has 38 heavy (non-hydrogen) atoms. The highest BCUT2D eigenvalue weighted by molar-refractivity contribution is 7.90. The molecule has 1 N–H and O–H groups in total. The number of ketones is 2. The first kappa shape index (κ1) is 25.8. The molecule has 0 radical (unpaired) electrons. The number of carbonyl (C=O) groups excluding carboxylic acids is 3. The quantitative estimate of drug-likeness (QED) is 0.341. The van der Waals surface area contributed by atoms with Gasteiger partial charge in [0.1, 0.15) is 11.3 Å². The summed E-state index contributed by atoms with van der Waals surface area (Å²) < 4.78 is 34.3. The summed E-state index contributed by atoms with van der Waals surface area (Å²) in [5.41, 5.74) is 2.82. The van der Waals surface area contributed by atoms with Crippen LogP contribution in [0.25, 0.3) is 10.2 Å². The van der Waals surface area contributed by atoms with Crippen molar-refractivity contribution in [3.05, 3.63) is 81.6 Å². The Hall–Kier alpha value is -3.83. The van der Waals surface area contributed by atoms with Gasteiger partial charge in [-0.3, -0.25) is 9.59 Å². The predicted octanol–water partition coefficient (Wildman–Crippen LogP) is 4.49. The largest absolute Gasteiger partial charge is 0.444 e. The summed E-state index contributed by atoms with van der Waals surface area (Å²) in [6.45, 7) is 7.11. The number of aromatic nitrogens is 2. The predicted molar refractivity (Wildman–Crippen MR) is 143 cm³/mol. The number of rotatable bonds is 5. The number of nitrogens with zero attached hydrogens (tertiary/aromatic N) is 2. The monoisotopic (exact) mass is 551 g/mol. The van der Waals surface area contributed by atoms with Crippen LogP contribution in [0.15, 0.2) is 53.0 Å². The van der Waals surface area contributed by atoms with Crippen molar-refractivity contribution < 1.29 is 27.5 Å². The lowest BCUT2D eigenvalue weighted by molar-refractivity contribution is 0.0528. The van der Waals surface area contributed by atoms with Gasteiger partial charge in [-0.15, -0.1) is 11.3 Å². The Morgan fingerprint density at radius 2 is 1.76 bits per heavy atom. The third-order valence-corrected chi connectivity index (χ3v) is 8.56. The van der Waals surface area contributed by atoms with Crippen LogP contribution in [0.3, 0.4) is 0 Å². The lowest BCUT2D eigenvalue weighted by Gasteiger charge is -2.20. The maximum atomic E-state index is 13.8. The number of fused-ring (bicyclic) bond motifs is 3. The molecule has 0 saturated heterocycles. The Balaban J connectivity index is 1.61. The molecule has 2 aromatic heterocycles. The third kappa shape index (κ3) is 4.52. The Labute approximate surface area is 223 Å². The molecular formula is C27H25N3O6S2. The number of benzene rings is 2. The number of ether oxygens (including phenoxy) is 1. The van der Waals surface area contributed by atoms with Crippen LogP contribution in [-0.4, -0.2) is 47.2 Å². The Morgan fingerprint density at radius 1 is 1.08 bits per heavy atom. The van der Waals surface area contributed by atoms with Gasteiger partial charge in [0.2, 0.25) is 5.78 Å². The minimum absolute atomic E-state index is 0.0108. The van der Waals surface area contributed by atoms with Crippen molar-refractivity contribution in [2.24, 2.45) is 0 Å². The Kier molecular flexibility index (Phi) is 6.23. The van der Waals surface area contributed by atoms with E-state index in [0.29, 0.717) is 11.1 Å². The standard InChI is InChI=1S/C27H25N3O6S2/c1-15-5-7-17(8-6-15)38(34,35)30-13-16(9-10-28-26(33)36-27(2,3)4)22-23(30)25(32)19-12-21-20(29-14-37-21)11-18(19)24(22)31/h5-8,11-14H,9-10H2,1-4H3,(H,28,33). The smallest absolute Gasteiger partial charge is 0.407 e. The molecule has 2 heterocycles. The minimum atomic E-state index is -4.21. The van der Waals surface area contributed by atoms with Crippen molar-refractivity contribution in [3.8, 4) is 0 Å². The van der Waals surface area contributed by atoms with Crippen LogP contribution in [0, 0.1) is 6.92 Å². The Morgan fingerprint density at radius 3 is 2.45 bits per heavy atom. The number of thiazole rings is 1. The van der Waals surface area contributed by atoms with E-state index in [-0.39, 0.29) is 40.2 Å². The second-order valence-electron chi connectivity index (χ2n) is 10.0. The van der Waals surface area contributed by atoms with Gasteiger partial charge in [-0.25, -0.2) is 22.2 Å². The summed E-state index contributed by atoms with van der Waals surface area (Å²) in [5, 5.41) is 2.62. The molecule has 5 rings (SSSR count). The number of alkyl carbamates (subject to hydrolysis) is 1. The number of aryl methyl sites for hydroxylation is 1. The van der Waals surface area contributed by atoms with Crippen molar-refractivity contribution in [2.45, 2.75) is 44.6 Å². The second kappa shape index (κ2) is 9.17. The van der Waals surface area contributed by atoms with Gasteiger partial charge < -0.3 is 10.1 Å². The SMILES string of the molecule is Cc1ccc(S(=O)(=O)n2cc(CCNC(=O)OC(C)(C)C)c3c2C(=O)c2cc4scnc4cc2C3=O)cc1. The van der Waals surface area contributed by atoms with Crippen LogP contribution in [0.5, 0.6) is 0 Å². The number of amides is 1. The maximum Gasteiger partial charge on any atom is 0.407 e. The summed E-state index contributed by atoms with van der Waals surface area (Å²) in [4.78, 5) is 43.9. The van der Waals surface area contributed by atoms with Gasteiger partial charge in [0.15, 0.2) is 5.78 Å². The molecule has 1 aliphatic rings. The zero-order valence-corrected chi connectivity index (χ0v) is 22.8. The van der Waals surface area contributed by atoms with Crippen molar-refractivity contribution in [2.75, 3.05) is 6.54 Å². The highest BCUT2D eigenvalue weighted by atomic mass is 32.2. The molecule has 0 atom stereocenters. The maximum absolute atomic E-state index is 13.8.